The van der Waals surface area contributed by atoms with Crippen LogP contribution in [0.25, 0.3) is 0 Å². The van der Waals surface area contributed by atoms with Crippen molar-refractivity contribution >= 4 is 5.69 Å². The topological polar surface area (TPSA) is 29.3 Å². The molecular weight excluding hydrogens is 246 g/mol. The number of anilines is 1. The molecule has 0 bridgehead atoms. The summed E-state index contributed by atoms with van der Waals surface area (Å²) < 4.78 is 26.0. The van der Waals surface area contributed by atoms with Crippen LogP contribution in [0.4, 0.5) is 14.5 Å². The van der Waals surface area contributed by atoms with Crippen molar-refractivity contribution in [3.05, 3.63) is 64.7 Å². The quantitative estimate of drug-likeness (QED) is 0.841. The molecule has 2 aromatic carbocycles. The van der Waals surface area contributed by atoms with Crippen LogP contribution >= 0.6 is 0 Å². The third-order valence-electron chi connectivity index (χ3n) is 3.48. The van der Waals surface area contributed by atoms with E-state index in [1.54, 1.807) is 6.07 Å². The highest BCUT2D eigenvalue weighted by Crippen LogP contribution is 2.28. The Kier molecular flexibility index (Phi) is 2.95. The molecule has 2 aromatic rings. The van der Waals surface area contributed by atoms with Crippen molar-refractivity contribution < 1.29 is 8.78 Å². The van der Waals surface area contributed by atoms with Gasteiger partial charge in [0.25, 0.3) is 0 Å². The van der Waals surface area contributed by atoms with E-state index in [-0.39, 0.29) is 0 Å². The highest BCUT2D eigenvalue weighted by Gasteiger charge is 2.20. The molecule has 0 saturated heterocycles. The number of nitrogens with zero attached hydrogens (tertiary/aromatic N) is 1. The number of nitrogens with two attached hydrogens (primary N) is 1. The SMILES string of the molecule is Nc1cccc2c1CN(Cc1ccc(F)c(F)c1)C2. The van der Waals surface area contributed by atoms with Gasteiger partial charge in [-0.1, -0.05) is 18.2 Å². The lowest BCUT2D eigenvalue weighted by molar-refractivity contribution is 0.275. The Labute approximate surface area is 110 Å². The van der Waals surface area contributed by atoms with Gasteiger partial charge >= 0.3 is 0 Å². The molecule has 0 radical (unpaired) electrons. The second-order valence-corrected chi connectivity index (χ2v) is 4.88. The molecule has 1 aliphatic rings. The van der Waals surface area contributed by atoms with Crippen LogP contribution in [0.1, 0.15) is 16.7 Å². The van der Waals surface area contributed by atoms with Crippen molar-refractivity contribution in [3.63, 3.8) is 0 Å². The van der Waals surface area contributed by atoms with E-state index in [0.717, 1.165) is 29.9 Å². The standard InChI is InChI=1S/C15H14F2N2/c16-13-5-4-10(6-14(13)17)7-19-8-11-2-1-3-15(18)12(11)9-19/h1-6H,7-9,18H2. The van der Waals surface area contributed by atoms with Crippen molar-refractivity contribution in [3.8, 4) is 0 Å². The van der Waals surface area contributed by atoms with Gasteiger partial charge in [0.1, 0.15) is 0 Å². The average Bonchev–Trinajstić information content (AvgIpc) is 2.78. The zero-order chi connectivity index (χ0) is 13.4. The maximum atomic E-state index is 13.2. The average molecular weight is 260 g/mol. The zero-order valence-corrected chi connectivity index (χ0v) is 10.4. The molecule has 3 rings (SSSR count). The van der Waals surface area contributed by atoms with Crippen molar-refractivity contribution in [1.82, 2.24) is 4.90 Å². The number of hydrogen-bond donors (Lipinski definition) is 1. The van der Waals surface area contributed by atoms with Crippen molar-refractivity contribution in [1.29, 1.82) is 0 Å². The third-order valence-corrected chi connectivity index (χ3v) is 3.48. The van der Waals surface area contributed by atoms with E-state index in [4.69, 9.17) is 5.73 Å². The normalized spacial score (nSPS) is 14.6. The smallest absolute Gasteiger partial charge is 0.159 e. The lowest BCUT2D eigenvalue weighted by Crippen LogP contribution is -2.16. The number of hydrogen-bond acceptors (Lipinski definition) is 2. The van der Waals surface area contributed by atoms with Crippen LogP contribution < -0.4 is 5.73 Å². The Bertz CT molecular complexity index is 626. The molecule has 0 aromatic heterocycles. The van der Waals surface area contributed by atoms with E-state index < -0.39 is 11.6 Å². The summed E-state index contributed by atoms with van der Waals surface area (Å²) in [6.45, 7) is 2.13. The maximum Gasteiger partial charge on any atom is 0.159 e. The Balaban J connectivity index is 1.77. The number of benzene rings is 2. The maximum absolute atomic E-state index is 13.2. The highest BCUT2D eigenvalue weighted by molar-refractivity contribution is 5.52. The van der Waals surface area contributed by atoms with Crippen LogP contribution in [0.15, 0.2) is 36.4 Å². The van der Waals surface area contributed by atoms with E-state index in [1.165, 1.54) is 17.7 Å². The minimum atomic E-state index is -0.808. The highest BCUT2D eigenvalue weighted by atomic mass is 19.2. The van der Waals surface area contributed by atoms with Gasteiger partial charge in [0.15, 0.2) is 11.6 Å². The van der Waals surface area contributed by atoms with E-state index in [1.807, 2.05) is 12.1 Å². The Morgan fingerprint density at radius 1 is 1.05 bits per heavy atom. The van der Waals surface area contributed by atoms with Gasteiger partial charge < -0.3 is 5.73 Å². The van der Waals surface area contributed by atoms with Crippen LogP contribution in [-0.4, -0.2) is 4.90 Å². The molecule has 0 fully saturated rings. The van der Waals surface area contributed by atoms with Gasteiger partial charge in [0, 0.05) is 25.3 Å². The zero-order valence-electron chi connectivity index (χ0n) is 10.4. The second-order valence-electron chi connectivity index (χ2n) is 4.88. The molecule has 0 amide bonds. The molecule has 0 spiro atoms. The molecule has 1 aliphatic heterocycles. The minimum absolute atomic E-state index is 0.589. The second kappa shape index (κ2) is 4.63. The van der Waals surface area contributed by atoms with Gasteiger partial charge in [-0.05, 0) is 34.9 Å². The summed E-state index contributed by atoms with van der Waals surface area (Å²) in [5.41, 5.74) is 9.85. The van der Waals surface area contributed by atoms with Gasteiger partial charge in [0.2, 0.25) is 0 Å². The molecule has 0 unspecified atom stereocenters. The fraction of sp³-hybridized carbons (Fsp3) is 0.200. The van der Waals surface area contributed by atoms with Crippen LogP contribution in [0.3, 0.4) is 0 Å². The predicted molar refractivity (Wildman–Crippen MR) is 70.2 cm³/mol. The van der Waals surface area contributed by atoms with Crippen LogP contribution in [0.2, 0.25) is 0 Å². The van der Waals surface area contributed by atoms with E-state index >= 15 is 0 Å². The molecule has 0 saturated carbocycles. The van der Waals surface area contributed by atoms with Gasteiger partial charge in [-0.2, -0.15) is 0 Å². The molecule has 2 nitrogen and oxygen atoms in total. The first-order valence-corrected chi connectivity index (χ1v) is 6.16. The monoisotopic (exact) mass is 260 g/mol. The summed E-state index contributed by atoms with van der Waals surface area (Å²) in [5.74, 6) is -1.61. The molecule has 1 heterocycles. The van der Waals surface area contributed by atoms with E-state index in [9.17, 15) is 8.78 Å². The molecule has 2 N–H and O–H groups in total. The summed E-state index contributed by atoms with van der Waals surface area (Å²) in [4.78, 5) is 2.16. The van der Waals surface area contributed by atoms with Crippen molar-refractivity contribution in [2.75, 3.05) is 5.73 Å². The number of nitrogen functional groups attached to an aromatic ring is 1. The third kappa shape index (κ3) is 2.31. The first-order valence-electron chi connectivity index (χ1n) is 6.16. The summed E-state index contributed by atoms with van der Waals surface area (Å²) in [7, 11) is 0. The first-order chi connectivity index (χ1) is 9.13. The largest absolute Gasteiger partial charge is 0.398 e. The van der Waals surface area contributed by atoms with Crippen LogP contribution in [0, 0.1) is 11.6 Å². The van der Waals surface area contributed by atoms with Crippen molar-refractivity contribution in [2.45, 2.75) is 19.6 Å². The summed E-state index contributed by atoms with van der Waals surface area (Å²) in [6, 6.07) is 9.92. The molecule has 98 valence electrons. The number of rotatable bonds is 2. The van der Waals surface area contributed by atoms with Gasteiger partial charge in [0.05, 0.1) is 0 Å². The lowest BCUT2D eigenvalue weighted by atomic mass is 10.1. The van der Waals surface area contributed by atoms with Gasteiger partial charge in [-0.25, -0.2) is 8.78 Å². The molecule has 4 heteroatoms. The lowest BCUT2D eigenvalue weighted by Gasteiger charge is -2.14. The van der Waals surface area contributed by atoms with Crippen molar-refractivity contribution in [2.24, 2.45) is 0 Å². The molecule has 0 aliphatic carbocycles. The summed E-state index contributed by atoms with van der Waals surface area (Å²) in [5, 5.41) is 0. The van der Waals surface area contributed by atoms with E-state index in [0.29, 0.717) is 6.54 Å². The Morgan fingerprint density at radius 3 is 2.63 bits per heavy atom. The van der Waals surface area contributed by atoms with Gasteiger partial charge in [-0.15, -0.1) is 0 Å². The molecule has 0 atom stereocenters. The first kappa shape index (κ1) is 12.1. The predicted octanol–water partition coefficient (Wildman–Crippen LogP) is 3.06. The fourth-order valence-electron chi connectivity index (χ4n) is 2.52. The van der Waals surface area contributed by atoms with Crippen LogP contribution in [0.5, 0.6) is 0 Å². The Morgan fingerprint density at radius 2 is 1.89 bits per heavy atom. The van der Waals surface area contributed by atoms with Gasteiger partial charge in [-0.3, -0.25) is 4.90 Å². The molecule has 19 heavy (non-hydrogen) atoms. The Hall–Kier alpha value is -1.94. The fourth-order valence-corrected chi connectivity index (χ4v) is 2.52. The summed E-state index contributed by atoms with van der Waals surface area (Å²) in [6.07, 6.45) is 0. The number of halogens is 2. The van der Waals surface area contributed by atoms with Crippen LogP contribution in [-0.2, 0) is 19.6 Å². The van der Waals surface area contributed by atoms with E-state index in [2.05, 4.69) is 11.0 Å². The number of fused-ring (bicyclic) bond motifs is 1. The summed E-state index contributed by atoms with van der Waals surface area (Å²) >= 11 is 0. The minimum Gasteiger partial charge on any atom is -0.398 e. The molecular formula is C15H14F2N2.